The lowest BCUT2D eigenvalue weighted by Crippen LogP contribution is -2.40. The molecule has 0 aliphatic heterocycles. The first-order valence-electron chi connectivity index (χ1n) is 5.68. The molecule has 0 heterocycles. The maximum Gasteiger partial charge on any atom is 0.332 e. The number of benzene rings is 2. The summed E-state index contributed by atoms with van der Waals surface area (Å²) in [6.07, 6.45) is 0. The van der Waals surface area contributed by atoms with Crippen LogP contribution in [0.4, 0.5) is 3.89 Å². The van der Waals surface area contributed by atoms with Crippen LogP contribution in [0.1, 0.15) is 0 Å². The second-order valence-electron chi connectivity index (χ2n) is 5.35. The number of hydrogen-bond acceptors (Lipinski definition) is 2. The van der Waals surface area contributed by atoms with Crippen molar-refractivity contribution in [1.29, 1.82) is 0 Å². The molecule has 0 aromatic heterocycles. The molecular formula is C13H15FO2SSi. The summed E-state index contributed by atoms with van der Waals surface area (Å²) in [5, 5.41) is 1.86. The number of halogens is 1. The van der Waals surface area contributed by atoms with Crippen LogP contribution >= 0.6 is 0 Å². The molecule has 0 bridgehead atoms. The van der Waals surface area contributed by atoms with Crippen LogP contribution in [0, 0.1) is 0 Å². The van der Waals surface area contributed by atoms with E-state index in [0.717, 1.165) is 5.39 Å². The van der Waals surface area contributed by atoms with E-state index in [2.05, 4.69) is 0 Å². The highest BCUT2D eigenvalue weighted by molar-refractivity contribution is 7.87. The Morgan fingerprint density at radius 3 is 2.17 bits per heavy atom. The van der Waals surface area contributed by atoms with Crippen LogP contribution in [-0.4, -0.2) is 16.5 Å². The number of hydrogen-bond donors (Lipinski definition) is 0. The summed E-state index contributed by atoms with van der Waals surface area (Å²) in [6, 6.07) is 10.6. The Morgan fingerprint density at radius 2 is 1.61 bits per heavy atom. The lowest BCUT2D eigenvalue weighted by molar-refractivity contribution is 0.553. The van der Waals surface area contributed by atoms with E-state index in [1.165, 1.54) is 0 Å². The Morgan fingerprint density at radius 1 is 1.00 bits per heavy atom. The zero-order valence-corrected chi connectivity index (χ0v) is 12.4. The molecule has 0 N–H and O–H groups in total. The van der Waals surface area contributed by atoms with E-state index in [9.17, 15) is 12.3 Å². The highest BCUT2D eigenvalue weighted by Crippen LogP contribution is 2.25. The molecule has 18 heavy (non-hydrogen) atoms. The molecule has 0 saturated carbocycles. The SMILES string of the molecule is C[Si](C)(C)c1ccc2ccccc2c1S(=O)(=O)F. The molecule has 2 aromatic carbocycles. The minimum atomic E-state index is -4.71. The van der Waals surface area contributed by atoms with Gasteiger partial charge in [0.15, 0.2) is 0 Å². The number of fused-ring (bicyclic) bond motifs is 1. The van der Waals surface area contributed by atoms with Gasteiger partial charge in [0.1, 0.15) is 4.90 Å². The Bertz CT molecular complexity index is 702. The molecule has 0 amide bonds. The third-order valence-electron chi connectivity index (χ3n) is 2.93. The van der Waals surface area contributed by atoms with E-state index in [1.807, 2.05) is 31.8 Å². The van der Waals surface area contributed by atoms with Crippen LogP contribution in [0.15, 0.2) is 41.3 Å². The molecule has 0 fully saturated rings. The molecule has 2 nitrogen and oxygen atoms in total. The first-order valence-corrected chi connectivity index (χ1v) is 10.6. The smallest absolute Gasteiger partial charge is 0.189 e. The molecule has 0 atom stereocenters. The minimum absolute atomic E-state index is 0.139. The van der Waals surface area contributed by atoms with Crippen LogP contribution in [0.2, 0.25) is 19.6 Å². The van der Waals surface area contributed by atoms with Crippen LogP contribution in [-0.2, 0) is 10.2 Å². The van der Waals surface area contributed by atoms with Crippen LogP contribution in [0.25, 0.3) is 10.8 Å². The van der Waals surface area contributed by atoms with Gasteiger partial charge in [0.05, 0.1) is 8.07 Å². The first kappa shape index (κ1) is 13.2. The zero-order valence-electron chi connectivity index (χ0n) is 10.6. The topological polar surface area (TPSA) is 34.1 Å². The van der Waals surface area contributed by atoms with Gasteiger partial charge in [-0.25, -0.2) is 0 Å². The Kier molecular flexibility index (Phi) is 3.07. The predicted octanol–water partition coefficient (Wildman–Crippen LogP) is 3.04. The van der Waals surface area contributed by atoms with Crippen molar-refractivity contribution in [3.05, 3.63) is 36.4 Å². The van der Waals surface area contributed by atoms with Crippen LogP contribution < -0.4 is 5.19 Å². The van der Waals surface area contributed by atoms with Crippen molar-refractivity contribution in [2.24, 2.45) is 0 Å². The van der Waals surface area contributed by atoms with Gasteiger partial charge in [-0.05, 0) is 10.6 Å². The molecule has 0 aliphatic carbocycles. The highest BCUT2D eigenvalue weighted by Gasteiger charge is 2.28. The molecule has 5 heteroatoms. The maximum absolute atomic E-state index is 13.6. The Labute approximate surface area is 108 Å². The van der Waals surface area contributed by atoms with Gasteiger partial charge < -0.3 is 0 Å². The van der Waals surface area contributed by atoms with Gasteiger partial charge in [0.2, 0.25) is 0 Å². The molecule has 0 radical (unpaired) electrons. The molecule has 0 spiro atoms. The summed E-state index contributed by atoms with van der Waals surface area (Å²) >= 11 is 0. The second kappa shape index (κ2) is 4.17. The minimum Gasteiger partial charge on any atom is -0.189 e. The predicted molar refractivity (Wildman–Crippen MR) is 75.2 cm³/mol. The van der Waals surface area contributed by atoms with E-state index < -0.39 is 18.3 Å². The van der Waals surface area contributed by atoms with E-state index in [-0.39, 0.29) is 4.90 Å². The fraction of sp³-hybridized carbons (Fsp3) is 0.231. The summed E-state index contributed by atoms with van der Waals surface area (Å²) in [4.78, 5) is -0.139. The van der Waals surface area contributed by atoms with Crippen molar-refractivity contribution >= 4 is 34.3 Å². The second-order valence-corrected chi connectivity index (χ2v) is 11.7. The molecule has 0 unspecified atom stereocenters. The largest absolute Gasteiger partial charge is 0.332 e. The summed E-state index contributed by atoms with van der Waals surface area (Å²) in [5.74, 6) is 0. The summed E-state index contributed by atoms with van der Waals surface area (Å²) in [7, 11) is -6.63. The first-order chi connectivity index (χ1) is 8.21. The maximum atomic E-state index is 13.6. The molecule has 0 aliphatic rings. The van der Waals surface area contributed by atoms with E-state index in [0.29, 0.717) is 10.6 Å². The molecular weight excluding hydrogens is 267 g/mol. The van der Waals surface area contributed by atoms with Gasteiger partial charge in [-0.1, -0.05) is 56.0 Å². The van der Waals surface area contributed by atoms with Gasteiger partial charge in [-0.3, -0.25) is 0 Å². The third kappa shape index (κ3) is 2.33. The fourth-order valence-corrected chi connectivity index (χ4v) is 5.56. The molecule has 96 valence electrons. The zero-order chi connectivity index (χ0) is 13.6. The normalized spacial score (nSPS) is 12.9. The van der Waals surface area contributed by atoms with Crippen molar-refractivity contribution in [2.45, 2.75) is 24.5 Å². The van der Waals surface area contributed by atoms with Crippen LogP contribution in [0.3, 0.4) is 0 Å². The van der Waals surface area contributed by atoms with E-state index in [4.69, 9.17) is 0 Å². The van der Waals surface area contributed by atoms with Gasteiger partial charge in [0.25, 0.3) is 0 Å². The average Bonchev–Trinajstić information content (AvgIpc) is 2.24. The lowest BCUT2D eigenvalue weighted by atomic mass is 10.1. The van der Waals surface area contributed by atoms with Gasteiger partial charge in [0, 0.05) is 5.39 Å². The van der Waals surface area contributed by atoms with E-state index in [1.54, 1.807) is 24.3 Å². The third-order valence-corrected chi connectivity index (χ3v) is 6.07. The van der Waals surface area contributed by atoms with Gasteiger partial charge in [-0.2, -0.15) is 8.42 Å². The summed E-state index contributed by atoms with van der Waals surface area (Å²) in [5.41, 5.74) is 0. The molecule has 2 aromatic rings. The fourth-order valence-electron chi connectivity index (χ4n) is 2.10. The monoisotopic (exact) mass is 282 g/mol. The van der Waals surface area contributed by atoms with Crippen molar-refractivity contribution < 1.29 is 12.3 Å². The van der Waals surface area contributed by atoms with Gasteiger partial charge >= 0.3 is 10.2 Å². The highest BCUT2D eigenvalue weighted by atomic mass is 32.3. The average molecular weight is 282 g/mol. The standard InChI is InChI=1S/C13H15FO2SSi/c1-18(2,3)12-9-8-10-6-4-5-7-11(10)13(12)17(14,15)16/h4-9H,1-3H3. The Balaban J connectivity index is 2.98. The summed E-state index contributed by atoms with van der Waals surface area (Å²) in [6.45, 7) is 6.02. The quantitative estimate of drug-likeness (QED) is 0.627. The summed E-state index contributed by atoms with van der Waals surface area (Å²) < 4.78 is 36.6. The van der Waals surface area contributed by atoms with Crippen molar-refractivity contribution in [1.82, 2.24) is 0 Å². The molecule has 0 saturated heterocycles. The molecule has 2 rings (SSSR count). The van der Waals surface area contributed by atoms with Crippen LogP contribution in [0.5, 0.6) is 0 Å². The van der Waals surface area contributed by atoms with Gasteiger partial charge in [-0.15, -0.1) is 3.89 Å². The van der Waals surface area contributed by atoms with Crippen molar-refractivity contribution in [3.8, 4) is 0 Å². The lowest BCUT2D eigenvalue weighted by Gasteiger charge is -2.20. The van der Waals surface area contributed by atoms with Crippen molar-refractivity contribution in [2.75, 3.05) is 0 Å². The number of rotatable bonds is 2. The van der Waals surface area contributed by atoms with E-state index >= 15 is 0 Å². The van der Waals surface area contributed by atoms with Crippen molar-refractivity contribution in [3.63, 3.8) is 0 Å². The Hall–Kier alpha value is -1.20.